The maximum absolute atomic E-state index is 12.6. The summed E-state index contributed by atoms with van der Waals surface area (Å²) >= 11 is 0. The van der Waals surface area contributed by atoms with Gasteiger partial charge in [-0.25, -0.2) is 0 Å². The number of morpholine rings is 1. The lowest BCUT2D eigenvalue weighted by molar-refractivity contribution is -0.0500. The van der Waals surface area contributed by atoms with Crippen molar-refractivity contribution < 1.29 is 34.9 Å². The van der Waals surface area contributed by atoms with E-state index in [1.165, 1.54) is 12.1 Å². The van der Waals surface area contributed by atoms with Crippen molar-refractivity contribution in [1.29, 1.82) is 0 Å². The molecule has 0 saturated carbocycles. The molecule has 11 heteroatoms. The highest BCUT2D eigenvalue weighted by atomic mass is 32.2. The number of ether oxygens (including phenoxy) is 1. The lowest BCUT2D eigenvalue weighted by Crippen LogP contribution is -2.36. The molecule has 0 aliphatic carbocycles. The summed E-state index contributed by atoms with van der Waals surface area (Å²) in [5.74, 6) is -0.168. The number of halogens is 3. The van der Waals surface area contributed by atoms with Gasteiger partial charge in [-0.3, -0.25) is 4.79 Å². The minimum absolute atomic E-state index is 0.229. The van der Waals surface area contributed by atoms with Gasteiger partial charge in [0, 0.05) is 24.7 Å². The summed E-state index contributed by atoms with van der Waals surface area (Å²) in [5.41, 5.74) is -4.88. The number of hydrogen-bond acceptors (Lipinski definition) is 7. The summed E-state index contributed by atoms with van der Waals surface area (Å²) in [6, 6.07) is 11.3. The third kappa shape index (κ3) is 4.23. The van der Waals surface area contributed by atoms with Crippen LogP contribution in [0.15, 0.2) is 57.7 Å². The molecule has 1 aliphatic rings. The molecule has 0 radical (unpaired) electrons. The first kappa shape index (κ1) is 21.2. The van der Waals surface area contributed by atoms with Gasteiger partial charge in [-0.1, -0.05) is 24.3 Å². The predicted molar refractivity (Wildman–Crippen MR) is 107 cm³/mol. The number of benzene rings is 2. The van der Waals surface area contributed by atoms with Crippen LogP contribution in [0.4, 0.5) is 19.1 Å². The third-order valence-corrected chi connectivity index (χ3v) is 5.68. The fourth-order valence-corrected chi connectivity index (χ4v) is 3.67. The van der Waals surface area contributed by atoms with E-state index >= 15 is 0 Å². The van der Waals surface area contributed by atoms with Gasteiger partial charge in [-0.2, -0.15) is 21.6 Å². The molecule has 1 fully saturated rings. The maximum Gasteiger partial charge on any atom is 0.534 e. The molecule has 1 aliphatic heterocycles. The second-order valence-corrected chi connectivity index (χ2v) is 8.28. The molecule has 0 N–H and O–H groups in total. The van der Waals surface area contributed by atoms with Gasteiger partial charge in [-0.15, -0.1) is 0 Å². The van der Waals surface area contributed by atoms with E-state index in [2.05, 4.69) is 4.18 Å². The van der Waals surface area contributed by atoms with E-state index in [1.807, 2.05) is 4.90 Å². The average Bonchev–Trinajstić information content (AvgIpc) is 2.73. The second kappa shape index (κ2) is 7.89. The molecule has 0 spiro atoms. The van der Waals surface area contributed by atoms with Crippen molar-refractivity contribution in [3.05, 3.63) is 58.8 Å². The number of para-hydroxylation sites is 1. The van der Waals surface area contributed by atoms with Crippen LogP contribution in [0.3, 0.4) is 0 Å². The van der Waals surface area contributed by atoms with E-state index in [0.29, 0.717) is 43.3 Å². The zero-order valence-electron chi connectivity index (χ0n) is 15.9. The van der Waals surface area contributed by atoms with E-state index in [4.69, 9.17) is 9.15 Å². The quantitative estimate of drug-likeness (QED) is 0.440. The number of nitrogens with zero attached hydrogens (tertiary/aromatic N) is 1. The summed E-state index contributed by atoms with van der Waals surface area (Å²) in [7, 11) is -5.81. The molecule has 0 unspecified atom stereocenters. The first-order chi connectivity index (χ1) is 14.7. The zero-order chi connectivity index (χ0) is 22.2. The second-order valence-electron chi connectivity index (χ2n) is 6.74. The number of alkyl halides is 3. The Morgan fingerprint density at radius 2 is 1.71 bits per heavy atom. The molecular weight excluding hydrogens is 439 g/mol. The standard InChI is InChI=1S/C20H16F3NO6S/c21-20(22,23)31(26,27)30-14-4-1-3-13(11-14)15-5-2-6-16-17(25)12-18(29-19(15)16)24-7-9-28-10-8-24/h1-6,11-12H,7-10H2. The van der Waals surface area contributed by atoms with Gasteiger partial charge < -0.3 is 18.2 Å². The molecule has 7 nitrogen and oxygen atoms in total. The predicted octanol–water partition coefficient (Wildman–Crippen LogP) is 3.53. The van der Waals surface area contributed by atoms with Gasteiger partial charge in [0.2, 0.25) is 0 Å². The van der Waals surface area contributed by atoms with Crippen LogP contribution in [0.25, 0.3) is 22.1 Å². The summed E-state index contributed by atoms with van der Waals surface area (Å²) < 4.78 is 76.1. The fourth-order valence-electron chi connectivity index (χ4n) is 3.22. The summed E-state index contributed by atoms with van der Waals surface area (Å²) in [5, 5.41) is 0.281. The highest BCUT2D eigenvalue weighted by Gasteiger charge is 2.48. The van der Waals surface area contributed by atoms with Crippen molar-refractivity contribution >= 4 is 27.0 Å². The highest BCUT2D eigenvalue weighted by molar-refractivity contribution is 7.88. The minimum atomic E-state index is -5.81. The molecule has 31 heavy (non-hydrogen) atoms. The SMILES string of the molecule is O=c1cc(N2CCOCC2)oc2c(-c3cccc(OS(=O)(=O)C(F)(F)F)c3)cccc12. The van der Waals surface area contributed by atoms with Crippen LogP contribution in [0, 0.1) is 0 Å². The summed E-state index contributed by atoms with van der Waals surface area (Å²) in [6.07, 6.45) is 0. The van der Waals surface area contributed by atoms with Crippen molar-refractivity contribution in [3.8, 4) is 16.9 Å². The lowest BCUT2D eigenvalue weighted by Gasteiger charge is -2.27. The Hall–Kier alpha value is -3.05. The molecule has 2 heterocycles. The van der Waals surface area contributed by atoms with E-state index < -0.39 is 21.4 Å². The molecule has 3 aromatic rings. The number of hydrogen-bond donors (Lipinski definition) is 0. The molecule has 0 bridgehead atoms. The molecule has 2 aromatic carbocycles. The van der Waals surface area contributed by atoms with E-state index in [0.717, 1.165) is 12.1 Å². The molecular formula is C20H16F3NO6S. The van der Waals surface area contributed by atoms with E-state index in [9.17, 15) is 26.4 Å². The first-order valence-corrected chi connectivity index (χ1v) is 10.6. The molecule has 1 aromatic heterocycles. The topological polar surface area (TPSA) is 86.1 Å². The van der Waals surface area contributed by atoms with Crippen molar-refractivity contribution in [2.45, 2.75) is 5.51 Å². The Bertz CT molecular complexity index is 1280. The van der Waals surface area contributed by atoms with Crippen LogP contribution in [-0.2, 0) is 14.9 Å². The normalized spacial score (nSPS) is 15.3. The Balaban J connectivity index is 1.79. The Kier molecular flexibility index (Phi) is 5.40. The van der Waals surface area contributed by atoms with Crippen LogP contribution in [-0.4, -0.2) is 40.2 Å². The zero-order valence-corrected chi connectivity index (χ0v) is 16.7. The third-order valence-electron chi connectivity index (χ3n) is 4.70. The van der Waals surface area contributed by atoms with Gasteiger partial charge in [0.15, 0.2) is 11.3 Å². The largest absolute Gasteiger partial charge is 0.534 e. The highest BCUT2D eigenvalue weighted by Crippen LogP contribution is 2.33. The lowest BCUT2D eigenvalue weighted by atomic mass is 10.0. The maximum atomic E-state index is 12.6. The first-order valence-electron chi connectivity index (χ1n) is 9.16. The van der Waals surface area contributed by atoms with Crippen LogP contribution in [0.5, 0.6) is 5.75 Å². The van der Waals surface area contributed by atoms with Gasteiger partial charge in [0.25, 0.3) is 0 Å². The Labute approximate surface area is 174 Å². The van der Waals surface area contributed by atoms with Gasteiger partial charge >= 0.3 is 15.6 Å². The molecule has 0 amide bonds. The molecule has 4 rings (SSSR count). The minimum Gasteiger partial charge on any atom is -0.440 e. The van der Waals surface area contributed by atoms with Crippen LogP contribution in [0.2, 0.25) is 0 Å². The van der Waals surface area contributed by atoms with E-state index in [1.54, 1.807) is 24.3 Å². The summed E-state index contributed by atoms with van der Waals surface area (Å²) in [4.78, 5) is 14.5. The van der Waals surface area contributed by atoms with Crippen molar-refractivity contribution in [1.82, 2.24) is 0 Å². The number of rotatable bonds is 4. The van der Waals surface area contributed by atoms with Crippen molar-refractivity contribution in [2.24, 2.45) is 0 Å². The molecule has 0 atom stereocenters. The Morgan fingerprint density at radius 3 is 2.42 bits per heavy atom. The molecule has 164 valence electrons. The van der Waals surface area contributed by atoms with Gasteiger partial charge in [0.1, 0.15) is 11.3 Å². The van der Waals surface area contributed by atoms with E-state index in [-0.39, 0.29) is 16.4 Å². The van der Waals surface area contributed by atoms with Crippen molar-refractivity contribution in [2.75, 3.05) is 31.2 Å². The smallest absolute Gasteiger partial charge is 0.440 e. The van der Waals surface area contributed by atoms with Crippen LogP contribution < -0.4 is 14.5 Å². The average molecular weight is 455 g/mol. The van der Waals surface area contributed by atoms with Gasteiger partial charge in [-0.05, 0) is 23.8 Å². The van der Waals surface area contributed by atoms with Crippen molar-refractivity contribution in [3.63, 3.8) is 0 Å². The summed E-state index contributed by atoms with van der Waals surface area (Å²) in [6.45, 7) is 2.04. The molecule has 1 saturated heterocycles. The monoisotopic (exact) mass is 455 g/mol. The fraction of sp³-hybridized carbons (Fsp3) is 0.250. The number of fused-ring (bicyclic) bond motifs is 1. The van der Waals surface area contributed by atoms with Crippen LogP contribution >= 0.6 is 0 Å². The number of anilines is 1. The Morgan fingerprint density at radius 1 is 1.00 bits per heavy atom. The van der Waals surface area contributed by atoms with Crippen LogP contribution in [0.1, 0.15) is 0 Å². The van der Waals surface area contributed by atoms with Gasteiger partial charge in [0.05, 0.1) is 18.6 Å².